The predicted octanol–water partition coefficient (Wildman–Crippen LogP) is 5.07. The zero-order valence-corrected chi connectivity index (χ0v) is 13.1. The second-order valence-electron chi connectivity index (χ2n) is 7.37. The summed E-state index contributed by atoms with van der Waals surface area (Å²) in [5.41, 5.74) is 3.41. The molecule has 0 aromatic heterocycles. The fourth-order valence-electron chi connectivity index (χ4n) is 2.68. The van der Waals surface area contributed by atoms with E-state index in [9.17, 15) is 4.79 Å². The summed E-state index contributed by atoms with van der Waals surface area (Å²) in [5, 5.41) is 0. The highest BCUT2D eigenvalue weighted by atomic mass is 16.1. The molecular formula is C17H28O. The first-order chi connectivity index (χ1) is 8.09. The summed E-state index contributed by atoms with van der Waals surface area (Å²) < 4.78 is 0. The molecule has 0 N–H and O–H groups in total. The van der Waals surface area contributed by atoms with Gasteiger partial charge in [0.2, 0.25) is 0 Å². The molecule has 0 spiro atoms. The van der Waals surface area contributed by atoms with Gasteiger partial charge >= 0.3 is 0 Å². The van der Waals surface area contributed by atoms with Crippen molar-refractivity contribution in [1.29, 1.82) is 0 Å². The Bertz CT molecular complexity index is 394. The van der Waals surface area contributed by atoms with Crippen molar-refractivity contribution in [2.75, 3.05) is 0 Å². The molecule has 0 heterocycles. The number of allylic oxidation sites excluding steroid dienone is 4. The lowest BCUT2D eigenvalue weighted by Gasteiger charge is -2.35. The van der Waals surface area contributed by atoms with Crippen LogP contribution in [0.2, 0.25) is 0 Å². The fraction of sp³-hybridized carbons (Fsp3) is 0.706. The van der Waals surface area contributed by atoms with Gasteiger partial charge in [0.25, 0.3) is 0 Å². The van der Waals surface area contributed by atoms with Gasteiger partial charge in [-0.1, -0.05) is 66.5 Å². The molecule has 0 saturated carbocycles. The Morgan fingerprint density at radius 2 is 1.61 bits per heavy atom. The smallest absolute Gasteiger partial charge is 0.185 e. The summed E-state index contributed by atoms with van der Waals surface area (Å²) in [6, 6.07) is 0. The Morgan fingerprint density at radius 1 is 1.06 bits per heavy atom. The van der Waals surface area contributed by atoms with Crippen molar-refractivity contribution in [1.82, 2.24) is 0 Å². The van der Waals surface area contributed by atoms with Crippen LogP contribution in [0.5, 0.6) is 0 Å². The van der Waals surface area contributed by atoms with E-state index in [-0.39, 0.29) is 10.8 Å². The molecule has 0 aliphatic heterocycles. The minimum atomic E-state index is -0.0626. The summed E-state index contributed by atoms with van der Waals surface area (Å²) in [7, 11) is 0. The van der Waals surface area contributed by atoms with Gasteiger partial charge in [-0.2, -0.15) is 0 Å². The van der Waals surface area contributed by atoms with Gasteiger partial charge in [0, 0.05) is 5.57 Å². The molecule has 0 radical (unpaired) electrons. The standard InChI is InChI=1S/C17H28O/c1-8-9-12-10-11-13(16(2,3)4)14(15(12)18)17(5,6)7/h10H,8-9,11H2,1-7H3. The number of Topliss-reactive ketones (excluding diaryl/α,β-unsaturated/α-hetero) is 1. The first-order valence-electron chi connectivity index (χ1n) is 7.07. The quantitative estimate of drug-likeness (QED) is 0.666. The maximum Gasteiger partial charge on any atom is 0.185 e. The predicted molar refractivity (Wildman–Crippen MR) is 78.6 cm³/mol. The Balaban J connectivity index is 3.28. The number of carbonyl (C=O) groups excluding carboxylic acids is 1. The number of hydrogen-bond acceptors (Lipinski definition) is 1. The third kappa shape index (κ3) is 3.13. The molecule has 0 fully saturated rings. The van der Waals surface area contributed by atoms with E-state index in [2.05, 4.69) is 54.5 Å². The summed E-state index contributed by atoms with van der Waals surface area (Å²) in [6.07, 6.45) is 5.05. The highest BCUT2D eigenvalue weighted by Crippen LogP contribution is 2.42. The first-order valence-corrected chi connectivity index (χ1v) is 7.07. The van der Waals surface area contributed by atoms with Gasteiger partial charge in [0.05, 0.1) is 0 Å². The maximum absolute atomic E-state index is 12.7. The fourth-order valence-corrected chi connectivity index (χ4v) is 2.68. The van der Waals surface area contributed by atoms with Gasteiger partial charge in [-0.15, -0.1) is 0 Å². The third-order valence-electron chi connectivity index (χ3n) is 3.55. The van der Waals surface area contributed by atoms with Crippen molar-refractivity contribution < 1.29 is 4.79 Å². The van der Waals surface area contributed by atoms with E-state index in [4.69, 9.17) is 0 Å². The third-order valence-corrected chi connectivity index (χ3v) is 3.55. The molecule has 1 rings (SSSR count). The number of carbonyl (C=O) groups is 1. The highest BCUT2D eigenvalue weighted by Gasteiger charge is 2.35. The van der Waals surface area contributed by atoms with E-state index in [0.29, 0.717) is 5.78 Å². The van der Waals surface area contributed by atoms with Crippen LogP contribution in [0.1, 0.15) is 67.7 Å². The van der Waals surface area contributed by atoms with Crippen LogP contribution in [0.25, 0.3) is 0 Å². The van der Waals surface area contributed by atoms with Crippen molar-refractivity contribution in [3.63, 3.8) is 0 Å². The van der Waals surface area contributed by atoms with Gasteiger partial charge < -0.3 is 0 Å². The molecule has 0 aromatic rings. The molecule has 1 aliphatic rings. The van der Waals surface area contributed by atoms with Gasteiger partial charge in [-0.05, 0) is 29.2 Å². The van der Waals surface area contributed by atoms with Gasteiger partial charge in [-0.25, -0.2) is 0 Å². The van der Waals surface area contributed by atoms with Crippen molar-refractivity contribution in [3.05, 3.63) is 22.8 Å². The minimum absolute atomic E-state index is 0.0626. The molecule has 1 heteroatoms. The van der Waals surface area contributed by atoms with Crippen LogP contribution in [-0.4, -0.2) is 5.78 Å². The highest BCUT2D eigenvalue weighted by molar-refractivity contribution is 6.10. The van der Waals surface area contributed by atoms with E-state index in [1.165, 1.54) is 5.57 Å². The van der Waals surface area contributed by atoms with Crippen molar-refractivity contribution in [3.8, 4) is 0 Å². The van der Waals surface area contributed by atoms with Gasteiger partial charge in [0.1, 0.15) is 0 Å². The second-order valence-corrected chi connectivity index (χ2v) is 7.37. The molecule has 0 unspecified atom stereocenters. The molecule has 0 saturated heterocycles. The topological polar surface area (TPSA) is 17.1 Å². The van der Waals surface area contributed by atoms with Crippen LogP contribution in [0.4, 0.5) is 0 Å². The SMILES string of the molecule is CCCC1=CCC(C(C)(C)C)=C(C(C)(C)C)C1=O. The first kappa shape index (κ1) is 15.2. The molecule has 1 nitrogen and oxygen atoms in total. The molecule has 0 amide bonds. The van der Waals surface area contributed by atoms with E-state index >= 15 is 0 Å². The van der Waals surface area contributed by atoms with Crippen LogP contribution in [0.3, 0.4) is 0 Å². The van der Waals surface area contributed by atoms with E-state index in [0.717, 1.165) is 30.4 Å². The molecule has 0 bridgehead atoms. The largest absolute Gasteiger partial charge is 0.289 e. The van der Waals surface area contributed by atoms with Crippen LogP contribution >= 0.6 is 0 Å². The van der Waals surface area contributed by atoms with Crippen molar-refractivity contribution in [2.24, 2.45) is 10.8 Å². The van der Waals surface area contributed by atoms with Crippen LogP contribution in [-0.2, 0) is 4.79 Å². The zero-order valence-electron chi connectivity index (χ0n) is 13.1. The molecule has 102 valence electrons. The minimum Gasteiger partial charge on any atom is -0.289 e. The second kappa shape index (κ2) is 5.03. The maximum atomic E-state index is 12.7. The Labute approximate surface area is 112 Å². The van der Waals surface area contributed by atoms with Crippen LogP contribution in [0.15, 0.2) is 22.8 Å². The normalized spacial score (nSPS) is 18.2. The van der Waals surface area contributed by atoms with Crippen LogP contribution < -0.4 is 0 Å². The average Bonchev–Trinajstić information content (AvgIpc) is 2.17. The number of rotatable bonds is 2. The molecule has 0 atom stereocenters. The molecular weight excluding hydrogens is 220 g/mol. The van der Waals surface area contributed by atoms with E-state index in [1.54, 1.807) is 0 Å². The lowest BCUT2D eigenvalue weighted by atomic mass is 9.68. The van der Waals surface area contributed by atoms with Crippen molar-refractivity contribution >= 4 is 5.78 Å². The Kier molecular flexibility index (Phi) is 4.25. The molecule has 18 heavy (non-hydrogen) atoms. The lowest BCUT2D eigenvalue weighted by molar-refractivity contribution is -0.113. The zero-order chi connectivity index (χ0) is 14.1. The van der Waals surface area contributed by atoms with Crippen molar-refractivity contribution in [2.45, 2.75) is 67.7 Å². The van der Waals surface area contributed by atoms with Gasteiger partial charge in [0.15, 0.2) is 5.78 Å². The molecule has 1 aliphatic carbocycles. The summed E-state index contributed by atoms with van der Waals surface area (Å²) >= 11 is 0. The summed E-state index contributed by atoms with van der Waals surface area (Å²) in [6.45, 7) is 15.2. The Morgan fingerprint density at radius 3 is 2.00 bits per heavy atom. The Hall–Kier alpha value is -0.850. The summed E-state index contributed by atoms with van der Waals surface area (Å²) in [4.78, 5) is 12.7. The molecule has 0 aromatic carbocycles. The number of hydrogen-bond donors (Lipinski definition) is 0. The van der Waals surface area contributed by atoms with E-state index in [1.807, 2.05) is 0 Å². The summed E-state index contributed by atoms with van der Waals surface area (Å²) in [5.74, 6) is 0.292. The van der Waals surface area contributed by atoms with Crippen LogP contribution in [0, 0.1) is 10.8 Å². The number of ketones is 1. The average molecular weight is 248 g/mol. The lowest BCUT2D eigenvalue weighted by Crippen LogP contribution is -2.28. The monoisotopic (exact) mass is 248 g/mol. The van der Waals surface area contributed by atoms with E-state index < -0.39 is 0 Å². The van der Waals surface area contributed by atoms with Gasteiger partial charge in [-0.3, -0.25) is 4.79 Å².